The van der Waals surface area contributed by atoms with Crippen molar-refractivity contribution in [1.29, 1.82) is 0 Å². The molecule has 0 saturated carbocycles. The van der Waals surface area contributed by atoms with Gasteiger partial charge in [0.15, 0.2) is 0 Å². The zero-order valence-electron chi connectivity index (χ0n) is 7.25. The maximum absolute atomic E-state index is 11.5. The van der Waals surface area contributed by atoms with Crippen LogP contribution in [0.5, 0.6) is 0 Å². The first-order valence-electron chi connectivity index (χ1n) is 3.82. The number of nitrogens with zero attached hydrogens (tertiary/aromatic N) is 2. The van der Waals surface area contributed by atoms with E-state index >= 15 is 0 Å². The van der Waals surface area contributed by atoms with Crippen molar-refractivity contribution in [2.24, 2.45) is 0 Å². The van der Waals surface area contributed by atoms with E-state index in [9.17, 15) is 4.79 Å². The fraction of sp³-hybridized carbons (Fsp3) is 0.333. The fourth-order valence-corrected chi connectivity index (χ4v) is 1.22. The van der Waals surface area contributed by atoms with Crippen LogP contribution >= 0.6 is 15.9 Å². The van der Waals surface area contributed by atoms with Gasteiger partial charge in [-0.1, -0.05) is 0 Å². The third kappa shape index (κ3) is 2.19. The Morgan fingerprint density at radius 3 is 3.08 bits per heavy atom. The highest BCUT2D eigenvalue weighted by Gasteiger charge is 2.03. The Bertz CT molecular complexity index is 403. The summed E-state index contributed by atoms with van der Waals surface area (Å²) >= 11 is 3.17. The van der Waals surface area contributed by atoms with E-state index in [1.54, 1.807) is 6.92 Å². The minimum absolute atomic E-state index is 0.0808. The van der Waals surface area contributed by atoms with Crippen LogP contribution in [0.2, 0.25) is 0 Å². The van der Waals surface area contributed by atoms with Crippen LogP contribution in [-0.2, 0) is 6.54 Å². The Morgan fingerprint density at radius 2 is 2.46 bits per heavy atom. The van der Waals surface area contributed by atoms with Crippen molar-refractivity contribution in [2.75, 3.05) is 0 Å². The van der Waals surface area contributed by atoms with Crippen molar-refractivity contribution in [3.05, 3.63) is 26.8 Å². The highest BCUT2D eigenvalue weighted by molar-refractivity contribution is 9.10. The van der Waals surface area contributed by atoms with Gasteiger partial charge in [0.2, 0.25) is 0 Å². The lowest BCUT2D eigenvalue weighted by Crippen LogP contribution is -2.22. The molecule has 0 bridgehead atoms. The van der Waals surface area contributed by atoms with Crippen LogP contribution in [0.4, 0.5) is 0 Å². The van der Waals surface area contributed by atoms with E-state index in [1.807, 2.05) is 0 Å². The topological polar surface area (TPSA) is 34.9 Å². The number of rotatable bonds is 2. The second-order valence-corrected chi connectivity index (χ2v) is 3.39. The summed E-state index contributed by atoms with van der Waals surface area (Å²) in [5.74, 6) is 2.47. The summed E-state index contributed by atoms with van der Waals surface area (Å²) in [5, 5.41) is 0. The summed E-state index contributed by atoms with van der Waals surface area (Å²) < 4.78 is 2.00. The smallest absolute Gasteiger partial charge is 0.267 e. The zero-order chi connectivity index (χ0) is 9.84. The quantitative estimate of drug-likeness (QED) is 0.732. The first-order valence-corrected chi connectivity index (χ1v) is 4.61. The third-order valence-corrected chi connectivity index (χ3v) is 2.57. The highest BCUT2D eigenvalue weighted by Crippen LogP contribution is 2.05. The monoisotopic (exact) mass is 240 g/mol. The molecule has 0 aliphatic carbocycles. The molecule has 68 valence electrons. The van der Waals surface area contributed by atoms with Crippen molar-refractivity contribution in [3.63, 3.8) is 0 Å². The molecule has 0 fully saturated rings. The van der Waals surface area contributed by atoms with Crippen LogP contribution < -0.4 is 5.56 Å². The molecule has 0 saturated heterocycles. The minimum Gasteiger partial charge on any atom is -0.297 e. The lowest BCUT2D eigenvalue weighted by Gasteiger charge is -2.03. The second kappa shape index (κ2) is 4.24. The van der Waals surface area contributed by atoms with Crippen LogP contribution in [0.15, 0.2) is 15.6 Å². The van der Waals surface area contributed by atoms with Crippen molar-refractivity contribution in [2.45, 2.75) is 19.9 Å². The molecule has 13 heavy (non-hydrogen) atoms. The molecule has 0 amide bonds. The molecule has 1 aromatic heterocycles. The first kappa shape index (κ1) is 10.0. The summed E-state index contributed by atoms with van der Waals surface area (Å²) in [6.45, 7) is 2.29. The van der Waals surface area contributed by atoms with Crippen molar-refractivity contribution in [3.8, 4) is 12.3 Å². The van der Waals surface area contributed by atoms with Crippen LogP contribution in [0, 0.1) is 19.3 Å². The predicted octanol–water partition coefficient (Wildman–Crippen LogP) is 1.34. The van der Waals surface area contributed by atoms with Gasteiger partial charge in [-0.2, -0.15) is 0 Å². The average molecular weight is 241 g/mol. The van der Waals surface area contributed by atoms with Gasteiger partial charge in [-0.15, -0.1) is 12.3 Å². The van der Waals surface area contributed by atoms with Gasteiger partial charge < -0.3 is 0 Å². The Morgan fingerprint density at radius 1 is 1.77 bits per heavy atom. The number of aromatic nitrogens is 2. The number of terminal acetylenes is 1. The molecule has 0 aliphatic heterocycles. The molecular formula is C9H9BrN2O. The zero-order valence-corrected chi connectivity index (χ0v) is 8.84. The number of hydrogen-bond acceptors (Lipinski definition) is 2. The molecular weight excluding hydrogens is 232 g/mol. The van der Waals surface area contributed by atoms with Gasteiger partial charge in [-0.25, -0.2) is 4.98 Å². The summed E-state index contributed by atoms with van der Waals surface area (Å²) in [5.41, 5.74) is 0.615. The van der Waals surface area contributed by atoms with E-state index < -0.39 is 0 Å². The lowest BCUT2D eigenvalue weighted by atomic mass is 10.4. The van der Waals surface area contributed by atoms with Gasteiger partial charge in [-0.05, 0) is 22.9 Å². The molecule has 4 heteroatoms. The molecule has 0 N–H and O–H groups in total. The van der Waals surface area contributed by atoms with E-state index in [2.05, 4.69) is 26.8 Å². The summed E-state index contributed by atoms with van der Waals surface area (Å²) in [4.78, 5) is 15.5. The number of aryl methyl sites for hydroxylation is 2. The van der Waals surface area contributed by atoms with Gasteiger partial charge in [0, 0.05) is 13.0 Å². The second-order valence-electron chi connectivity index (χ2n) is 2.60. The molecule has 0 spiro atoms. The van der Waals surface area contributed by atoms with Crippen molar-refractivity contribution >= 4 is 15.9 Å². The molecule has 0 atom stereocenters. The van der Waals surface area contributed by atoms with Crippen molar-refractivity contribution < 1.29 is 0 Å². The Labute approximate surface area is 84.9 Å². The van der Waals surface area contributed by atoms with E-state index in [0.29, 0.717) is 23.1 Å². The predicted molar refractivity (Wildman–Crippen MR) is 54.4 cm³/mol. The van der Waals surface area contributed by atoms with Gasteiger partial charge in [0.1, 0.15) is 4.47 Å². The fourth-order valence-electron chi connectivity index (χ4n) is 0.891. The lowest BCUT2D eigenvalue weighted by molar-refractivity contribution is 0.664. The van der Waals surface area contributed by atoms with Crippen LogP contribution in [-0.4, -0.2) is 9.55 Å². The van der Waals surface area contributed by atoms with E-state index in [1.165, 1.54) is 10.9 Å². The van der Waals surface area contributed by atoms with Crippen LogP contribution in [0.25, 0.3) is 0 Å². The maximum Gasteiger partial charge on any atom is 0.267 e. The molecule has 1 heterocycles. The Hall–Kier alpha value is -1.08. The maximum atomic E-state index is 11.5. The minimum atomic E-state index is -0.0808. The standard InChI is InChI=1S/C9H9BrN2O/c1-3-4-5-12-6-11-7(2)8(10)9(12)13/h1,6H,4-5H2,2H3. The molecule has 0 aliphatic rings. The SMILES string of the molecule is C#CCCn1cnc(C)c(Br)c1=O. The molecule has 1 aromatic rings. The molecule has 0 radical (unpaired) electrons. The van der Waals surface area contributed by atoms with E-state index in [4.69, 9.17) is 6.42 Å². The van der Waals surface area contributed by atoms with Crippen LogP contribution in [0.3, 0.4) is 0 Å². The summed E-state index contributed by atoms with van der Waals surface area (Å²) in [6, 6.07) is 0. The average Bonchev–Trinajstić information content (AvgIpc) is 2.13. The summed E-state index contributed by atoms with van der Waals surface area (Å²) in [6.07, 6.45) is 7.15. The first-order chi connectivity index (χ1) is 6.16. The highest BCUT2D eigenvalue weighted by atomic mass is 79.9. The largest absolute Gasteiger partial charge is 0.297 e. The number of hydrogen-bond donors (Lipinski definition) is 0. The van der Waals surface area contributed by atoms with Gasteiger partial charge in [0.25, 0.3) is 5.56 Å². The van der Waals surface area contributed by atoms with E-state index in [-0.39, 0.29) is 5.56 Å². The normalized spacial score (nSPS) is 9.62. The van der Waals surface area contributed by atoms with Gasteiger partial charge in [-0.3, -0.25) is 9.36 Å². The molecule has 3 nitrogen and oxygen atoms in total. The van der Waals surface area contributed by atoms with Crippen molar-refractivity contribution in [1.82, 2.24) is 9.55 Å². The molecule has 1 rings (SSSR count). The summed E-state index contributed by atoms with van der Waals surface area (Å²) in [7, 11) is 0. The molecule has 0 aromatic carbocycles. The third-order valence-electron chi connectivity index (χ3n) is 1.65. The van der Waals surface area contributed by atoms with Gasteiger partial charge in [0.05, 0.1) is 12.0 Å². The van der Waals surface area contributed by atoms with Crippen LogP contribution in [0.1, 0.15) is 12.1 Å². The Kier molecular flexibility index (Phi) is 3.26. The Balaban J connectivity index is 3.06. The molecule has 0 unspecified atom stereocenters. The van der Waals surface area contributed by atoms with Gasteiger partial charge >= 0.3 is 0 Å². The number of halogens is 1. The van der Waals surface area contributed by atoms with E-state index in [0.717, 1.165) is 0 Å².